The summed E-state index contributed by atoms with van der Waals surface area (Å²) in [6.07, 6.45) is -4.13. The van der Waals surface area contributed by atoms with Gasteiger partial charge in [-0.1, -0.05) is 6.07 Å². The van der Waals surface area contributed by atoms with Crippen LogP contribution in [0.4, 0.5) is 13.2 Å². The second-order valence-corrected chi connectivity index (χ2v) is 3.33. The van der Waals surface area contributed by atoms with E-state index < -0.39 is 17.9 Å². The number of alkyl halides is 3. The quantitative estimate of drug-likeness (QED) is 0.478. The van der Waals surface area contributed by atoms with E-state index in [0.717, 1.165) is 13.4 Å². The molecular formula is C12H11F3O4. The molecule has 0 heterocycles. The molecule has 0 N–H and O–H groups in total. The van der Waals surface area contributed by atoms with Gasteiger partial charge in [0.1, 0.15) is 5.75 Å². The largest absolute Gasteiger partial charge is 0.610 e. The molecule has 0 fully saturated rings. The molecule has 0 spiro atoms. The Morgan fingerprint density at radius 2 is 2.00 bits per heavy atom. The monoisotopic (exact) mass is 276 g/mol. The maximum atomic E-state index is 12.5. The summed E-state index contributed by atoms with van der Waals surface area (Å²) in [6, 6.07) is 6.13. The number of aldehydes is 1. The zero-order valence-corrected chi connectivity index (χ0v) is 10.2. The van der Waals surface area contributed by atoms with Crippen LogP contribution in [0.25, 0.3) is 0 Å². The van der Waals surface area contributed by atoms with Crippen LogP contribution in [-0.4, -0.2) is 26.7 Å². The number of allylic oxidation sites excluding steroid dienone is 1. The predicted octanol–water partition coefficient (Wildman–Crippen LogP) is 1.78. The third-order valence-electron chi connectivity index (χ3n) is 2.03. The molecule has 0 aromatic heterocycles. The molecule has 0 aliphatic carbocycles. The van der Waals surface area contributed by atoms with E-state index in [1.54, 1.807) is 12.1 Å². The second kappa shape index (κ2) is 6.12. The van der Waals surface area contributed by atoms with Gasteiger partial charge in [-0.3, -0.25) is 0 Å². The van der Waals surface area contributed by atoms with E-state index >= 15 is 0 Å². The van der Waals surface area contributed by atoms with Gasteiger partial charge < -0.3 is 14.6 Å². The van der Waals surface area contributed by atoms with Crippen molar-refractivity contribution < 1.29 is 32.2 Å². The van der Waals surface area contributed by atoms with Crippen LogP contribution in [0.1, 0.15) is 9.99 Å². The Morgan fingerprint density at radius 1 is 1.32 bits per heavy atom. The average molecular weight is 276 g/mol. The Labute approximate surface area is 107 Å². The molecule has 0 atom stereocenters. The summed E-state index contributed by atoms with van der Waals surface area (Å²) < 4.78 is 50.8. The highest BCUT2D eigenvalue weighted by Gasteiger charge is 2.46. The third kappa shape index (κ3) is 4.20. The Morgan fingerprint density at radius 3 is 2.53 bits per heavy atom. The van der Waals surface area contributed by atoms with E-state index in [0.29, 0.717) is 11.3 Å². The molecule has 1 aromatic rings. The highest BCUT2D eigenvalue weighted by atomic mass is 19.4. The van der Waals surface area contributed by atoms with Crippen LogP contribution in [0.3, 0.4) is 0 Å². The van der Waals surface area contributed by atoms with Gasteiger partial charge in [0.05, 0.1) is 12.7 Å². The molecule has 4 nitrogen and oxygen atoms in total. The second-order valence-electron chi connectivity index (χ2n) is 3.33. The topological polar surface area (TPSA) is 52.8 Å². The maximum absolute atomic E-state index is 12.5. The van der Waals surface area contributed by atoms with Crippen molar-refractivity contribution in [3.8, 4) is 5.75 Å². The summed E-state index contributed by atoms with van der Waals surface area (Å²) in [5.74, 6) is -2.88. The van der Waals surface area contributed by atoms with E-state index in [9.17, 15) is 18.3 Å². The van der Waals surface area contributed by atoms with Gasteiger partial charge in [-0.15, -0.1) is 0 Å². The smallest absolute Gasteiger partial charge is 0.512 e. The van der Waals surface area contributed by atoms with Crippen molar-refractivity contribution in [3.63, 3.8) is 0 Å². The SMILES string of the molecule is CO/C([O-])=C(/[O+]=Cc1cccc(OC)c1)C(F)(F)F. The lowest BCUT2D eigenvalue weighted by atomic mass is 10.2. The van der Waals surface area contributed by atoms with Gasteiger partial charge in [0.2, 0.25) is 0 Å². The number of hydrogen-bond acceptors (Lipinski definition) is 3. The van der Waals surface area contributed by atoms with Crippen molar-refractivity contribution >= 4 is 6.29 Å². The first-order valence-electron chi connectivity index (χ1n) is 5.05. The highest BCUT2D eigenvalue weighted by molar-refractivity contribution is 5.76. The van der Waals surface area contributed by atoms with E-state index in [1.165, 1.54) is 19.2 Å². The minimum Gasteiger partial charge on any atom is -0.610 e. The Kier molecular flexibility index (Phi) is 4.80. The van der Waals surface area contributed by atoms with E-state index in [-0.39, 0.29) is 0 Å². The van der Waals surface area contributed by atoms with Crippen LogP contribution in [0.5, 0.6) is 5.75 Å². The summed E-state index contributed by atoms with van der Waals surface area (Å²) in [7, 11) is 2.25. The fourth-order valence-corrected chi connectivity index (χ4v) is 1.17. The van der Waals surface area contributed by atoms with Crippen LogP contribution >= 0.6 is 0 Å². The van der Waals surface area contributed by atoms with Crippen molar-refractivity contribution in [2.24, 2.45) is 0 Å². The molecule has 19 heavy (non-hydrogen) atoms. The molecule has 0 amide bonds. The van der Waals surface area contributed by atoms with Crippen LogP contribution in [0.15, 0.2) is 36.0 Å². The molecule has 7 heteroatoms. The predicted molar refractivity (Wildman–Crippen MR) is 58.5 cm³/mol. The first-order valence-corrected chi connectivity index (χ1v) is 5.05. The third-order valence-corrected chi connectivity index (χ3v) is 2.03. The first kappa shape index (κ1) is 14.9. The minimum atomic E-state index is -4.93. The molecule has 1 aromatic carbocycles. The summed E-state index contributed by atoms with van der Waals surface area (Å²) in [5.41, 5.74) is 0.310. The van der Waals surface area contributed by atoms with Crippen LogP contribution in [-0.2, 0) is 4.74 Å². The number of carbonyl (C=O) groups excluding carboxylic acids is 1. The molecule has 1 rings (SSSR count). The van der Waals surface area contributed by atoms with Crippen molar-refractivity contribution in [1.82, 2.24) is 0 Å². The molecule has 0 aliphatic heterocycles. The van der Waals surface area contributed by atoms with Crippen molar-refractivity contribution in [1.29, 1.82) is 0 Å². The standard InChI is InChI=1S/C12H11F3O4/c1-17-9-5-3-4-8(6-9)7-19-10(11(16)18-2)12(13,14)15/h3-7H,1-2H3/b11-10+. The molecule has 0 aliphatic rings. The van der Waals surface area contributed by atoms with Crippen molar-refractivity contribution in [2.45, 2.75) is 6.18 Å². The lowest BCUT2D eigenvalue weighted by Crippen LogP contribution is -2.20. The van der Waals surface area contributed by atoms with Gasteiger partial charge in [-0.25, -0.2) is 4.42 Å². The number of ether oxygens (including phenoxy) is 2. The first-order chi connectivity index (χ1) is 8.88. The zero-order valence-electron chi connectivity index (χ0n) is 10.2. The van der Waals surface area contributed by atoms with Crippen LogP contribution < -0.4 is 9.84 Å². The van der Waals surface area contributed by atoms with Gasteiger partial charge in [0, 0.05) is 0 Å². The summed E-state index contributed by atoms with van der Waals surface area (Å²) >= 11 is 0. The van der Waals surface area contributed by atoms with E-state index in [1.807, 2.05) is 0 Å². The van der Waals surface area contributed by atoms with Gasteiger partial charge >= 0.3 is 18.2 Å². The Balaban J connectivity index is 3.06. The van der Waals surface area contributed by atoms with Crippen molar-refractivity contribution in [3.05, 3.63) is 41.5 Å². The fraction of sp³-hybridized carbons (Fsp3) is 0.250. The summed E-state index contributed by atoms with van der Waals surface area (Å²) in [4.78, 5) is 0. The van der Waals surface area contributed by atoms with Gasteiger partial charge in [0.15, 0.2) is 5.95 Å². The van der Waals surface area contributed by atoms with Crippen LogP contribution in [0.2, 0.25) is 0 Å². The Bertz CT molecular complexity index is 492. The number of rotatable bonds is 4. The Hall–Kier alpha value is -2.18. The average Bonchev–Trinajstić information content (AvgIpc) is 2.37. The number of benzene rings is 1. The highest BCUT2D eigenvalue weighted by Crippen LogP contribution is 2.27. The van der Waals surface area contributed by atoms with E-state index in [4.69, 9.17) is 4.74 Å². The maximum Gasteiger partial charge on any atom is 0.512 e. The van der Waals surface area contributed by atoms with Crippen LogP contribution in [0, 0.1) is 0 Å². The van der Waals surface area contributed by atoms with Gasteiger partial charge in [-0.2, -0.15) is 13.2 Å². The molecule has 104 valence electrons. The van der Waals surface area contributed by atoms with Crippen molar-refractivity contribution in [2.75, 3.05) is 14.2 Å². The van der Waals surface area contributed by atoms with Gasteiger partial charge in [-0.05, 0) is 25.3 Å². The lowest BCUT2D eigenvalue weighted by Gasteiger charge is -2.07. The minimum absolute atomic E-state index is 0.310. The summed E-state index contributed by atoms with van der Waals surface area (Å²) in [5, 5.41) is 11.0. The van der Waals surface area contributed by atoms with Gasteiger partial charge in [0.25, 0.3) is 0 Å². The van der Waals surface area contributed by atoms with E-state index in [2.05, 4.69) is 9.16 Å². The summed E-state index contributed by atoms with van der Waals surface area (Å²) in [6.45, 7) is 0. The lowest BCUT2D eigenvalue weighted by molar-refractivity contribution is -0.389. The zero-order chi connectivity index (χ0) is 14.5. The molecule has 0 saturated carbocycles. The molecule has 0 saturated heterocycles. The number of methoxy groups -OCH3 is 2. The normalized spacial score (nSPS) is 13.3. The fourth-order valence-electron chi connectivity index (χ4n) is 1.17. The number of halogens is 3. The molecule has 0 bridgehead atoms. The molecular weight excluding hydrogens is 265 g/mol. The number of hydrogen-bond donors (Lipinski definition) is 0. The molecule has 0 unspecified atom stereocenters. The molecule has 0 radical (unpaired) electrons.